The van der Waals surface area contributed by atoms with Gasteiger partial charge in [0, 0.05) is 18.7 Å². The Kier molecular flexibility index (Phi) is 5.13. The maximum Gasteiger partial charge on any atom is 0.346 e. The van der Waals surface area contributed by atoms with Crippen LogP contribution < -0.4 is 11.0 Å². The molecule has 6 heteroatoms. The van der Waals surface area contributed by atoms with Crippen molar-refractivity contribution in [2.45, 2.75) is 58.5 Å². The predicted octanol–water partition coefficient (Wildman–Crippen LogP) is 2.36. The molecule has 0 bridgehead atoms. The quantitative estimate of drug-likeness (QED) is 0.916. The molecule has 1 aliphatic heterocycles. The zero-order valence-corrected chi connectivity index (χ0v) is 14.1. The lowest BCUT2D eigenvalue weighted by atomic mass is 10.1. The minimum Gasteiger partial charge on any atom is -0.324 e. The minimum absolute atomic E-state index is 0.0461. The topological polar surface area (TPSA) is 68.9 Å². The molecule has 1 N–H and O–H groups in total. The molecule has 0 spiro atoms. The third-order valence-electron chi connectivity index (χ3n) is 4.35. The average Bonchev–Trinajstić information content (AvgIpc) is 2.75. The summed E-state index contributed by atoms with van der Waals surface area (Å²) >= 11 is 0. The van der Waals surface area contributed by atoms with Gasteiger partial charge in [-0.05, 0) is 37.0 Å². The zero-order valence-electron chi connectivity index (χ0n) is 14.1. The maximum absolute atomic E-state index is 12.4. The molecule has 0 unspecified atom stereocenters. The van der Waals surface area contributed by atoms with Crippen LogP contribution in [0.1, 0.15) is 44.0 Å². The lowest BCUT2D eigenvalue weighted by Gasteiger charge is -2.06. The predicted molar refractivity (Wildman–Crippen MR) is 93.1 cm³/mol. The van der Waals surface area contributed by atoms with E-state index in [1.54, 1.807) is 4.57 Å². The molecular formula is C18H24N4O2. The van der Waals surface area contributed by atoms with Crippen molar-refractivity contribution in [3.8, 4) is 0 Å². The molecule has 1 amide bonds. The van der Waals surface area contributed by atoms with Gasteiger partial charge >= 0.3 is 5.69 Å². The summed E-state index contributed by atoms with van der Waals surface area (Å²) in [6.45, 7) is 2.80. The monoisotopic (exact) mass is 328 g/mol. The molecule has 128 valence electrons. The second-order valence-electron chi connectivity index (χ2n) is 6.31. The Morgan fingerprint density at radius 2 is 2.00 bits per heavy atom. The number of aromatic nitrogens is 3. The number of hydrogen-bond donors (Lipinski definition) is 1. The molecule has 0 aliphatic carbocycles. The van der Waals surface area contributed by atoms with Gasteiger partial charge in [0.1, 0.15) is 12.4 Å². The second kappa shape index (κ2) is 7.47. The lowest BCUT2D eigenvalue weighted by molar-refractivity contribution is -0.117. The number of benzene rings is 1. The smallest absolute Gasteiger partial charge is 0.324 e. The maximum atomic E-state index is 12.4. The van der Waals surface area contributed by atoms with Crippen molar-refractivity contribution in [3.63, 3.8) is 0 Å². The van der Waals surface area contributed by atoms with Crippen LogP contribution >= 0.6 is 0 Å². The first kappa shape index (κ1) is 16.5. The van der Waals surface area contributed by atoms with E-state index in [-0.39, 0.29) is 18.1 Å². The molecule has 6 nitrogen and oxygen atoms in total. The third kappa shape index (κ3) is 3.75. The molecule has 1 aromatic heterocycles. The van der Waals surface area contributed by atoms with Crippen LogP contribution in [0.3, 0.4) is 0 Å². The molecule has 2 aromatic rings. The average molecular weight is 328 g/mol. The first-order valence-corrected chi connectivity index (χ1v) is 8.72. The lowest BCUT2D eigenvalue weighted by Crippen LogP contribution is -2.30. The first-order chi connectivity index (χ1) is 11.7. The number of carbonyl (C=O) groups excluding carboxylic acids is 1. The van der Waals surface area contributed by atoms with Crippen molar-refractivity contribution >= 4 is 11.6 Å². The van der Waals surface area contributed by atoms with Crippen molar-refractivity contribution < 1.29 is 4.79 Å². The van der Waals surface area contributed by atoms with E-state index in [0.717, 1.165) is 50.0 Å². The number of fused-ring (bicyclic) bond motifs is 1. The van der Waals surface area contributed by atoms with E-state index in [1.165, 1.54) is 10.2 Å². The van der Waals surface area contributed by atoms with Crippen LogP contribution in [0.5, 0.6) is 0 Å². The van der Waals surface area contributed by atoms with Crippen LogP contribution in [0, 0.1) is 0 Å². The molecule has 0 radical (unpaired) electrons. The van der Waals surface area contributed by atoms with E-state index in [2.05, 4.69) is 17.3 Å². The Balaban J connectivity index is 1.66. The van der Waals surface area contributed by atoms with E-state index in [9.17, 15) is 9.59 Å². The van der Waals surface area contributed by atoms with E-state index >= 15 is 0 Å². The highest BCUT2D eigenvalue weighted by Crippen LogP contribution is 2.12. The number of nitrogens with zero attached hydrogens (tertiary/aromatic N) is 3. The van der Waals surface area contributed by atoms with Gasteiger partial charge in [-0.1, -0.05) is 31.9 Å². The van der Waals surface area contributed by atoms with Crippen molar-refractivity contribution in [2.24, 2.45) is 0 Å². The SMILES string of the molecule is CCCc1ccc(NC(=O)Cn2nc3n(c2=O)CCCCC3)cc1. The number of nitrogens with one attached hydrogen (secondary N) is 1. The molecule has 24 heavy (non-hydrogen) atoms. The van der Waals surface area contributed by atoms with Crippen LogP contribution in [0.2, 0.25) is 0 Å². The second-order valence-corrected chi connectivity index (χ2v) is 6.31. The molecule has 2 heterocycles. The van der Waals surface area contributed by atoms with Gasteiger partial charge in [-0.25, -0.2) is 9.48 Å². The standard InChI is InChI=1S/C18H24N4O2/c1-2-6-14-8-10-15(11-9-14)19-17(23)13-22-18(24)21-12-5-3-4-7-16(21)20-22/h8-11H,2-7,12-13H2,1H3,(H,19,23). The minimum atomic E-state index is -0.228. The number of anilines is 1. The molecule has 1 aliphatic rings. The van der Waals surface area contributed by atoms with E-state index in [4.69, 9.17) is 0 Å². The third-order valence-corrected chi connectivity index (χ3v) is 4.35. The first-order valence-electron chi connectivity index (χ1n) is 8.72. The number of carbonyl (C=O) groups is 1. The number of rotatable bonds is 5. The molecule has 0 atom stereocenters. The fourth-order valence-electron chi connectivity index (χ4n) is 3.11. The summed E-state index contributed by atoms with van der Waals surface area (Å²) in [5, 5.41) is 7.17. The van der Waals surface area contributed by atoms with Crippen LogP contribution in [0.25, 0.3) is 0 Å². The Labute approximate surface area is 141 Å². The Bertz CT molecular complexity index is 758. The van der Waals surface area contributed by atoms with Crippen LogP contribution in [-0.2, 0) is 30.7 Å². The molecule has 0 saturated carbocycles. The number of hydrogen-bond acceptors (Lipinski definition) is 3. The summed E-state index contributed by atoms with van der Waals surface area (Å²) in [6, 6.07) is 7.83. The van der Waals surface area contributed by atoms with Crippen LogP contribution in [0.15, 0.2) is 29.1 Å². The largest absolute Gasteiger partial charge is 0.346 e. The number of aryl methyl sites for hydroxylation is 2. The molecule has 1 aromatic carbocycles. The molecule has 3 rings (SSSR count). The Hall–Kier alpha value is -2.37. The summed E-state index contributed by atoms with van der Waals surface area (Å²) in [5.41, 5.74) is 1.82. The van der Waals surface area contributed by atoms with Gasteiger partial charge in [0.05, 0.1) is 0 Å². The van der Waals surface area contributed by atoms with Crippen molar-refractivity contribution in [1.29, 1.82) is 0 Å². The molecule has 0 saturated heterocycles. The van der Waals surface area contributed by atoms with Gasteiger partial charge in [0.15, 0.2) is 0 Å². The van der Waals surface area contributed by atoms with E-state index in [0.29, 0.717) is 6.54 Å². The summed E-state index contributed by atoms with van der Waals surface area (Å²) < 4.78 is 2.99. The highest BCUT2D eigenvalue weighted by atomic mass is 16.2. The van der Waals surface area contributed by atoms with Gasteiger partial charge in [0.25, 0.3) is 0 Å². The van der Waals surface area contributed by atoms with E-state index < -0.39 is 0 Å². The van der Waals surface area contributed by atoms with E-state index in [1.807, 2.05) is 24.3 Å². The zero-order chi connectivity index (χ0) is 16.9. The van der Waals surface area contributed by atoms with Crippen molar-refractivity contribution in [2.75, 3.05) is 5.32 Å². The highest BCUT2D eigenvalue weighted by molar-refractivity contribution is 5.90. The fraction of sp³-hybridized carbons (Fsp3) is 0.500. The van der Waals surface area contributed by atoms with Crippen molar-refractivity contribution in [3.05, 3.63) is 46.1 Å². The Morgan fingerprint density at radius 1 is 1.21 bits per heavy atom. The summed E-state index contributed by atoms with van der Waals surface area (Å²) in [6.07, 6.45) is 6.10. The highest BCUT2D eigenvalue weighted by Gasteiger charge is 2.17. The Morgan fingerprint density at radius 3 is 2.75 bits per heavy atom. The van der Waals surface area contributed by atoms with Crippen LogP contribution in [0.4, 0.5) is 5.69 Å². The number of amides is 1. The van der Waals surface area contributed by atoms with Gasteiger partial charge in [0.2, 0.25) is 5.91 Å². The molecular weight excluding hydrogens is 304 g/mol. The van der Waals surface area contributed by atoms with Gasteiger partial charge in [-0.15, -0.1) is 0 Å². The molecule has 0 fully saturated rings. The van der Waals surface area contributed by atoms with Crippen molar-refractivity contribution in [1.82, 2.24) is 14.3 Å². The fourth-order valence-corrected chi connectivity index (χ4v) is 3.11. The summed E-state index contributed by atoms with van der Waals surface area (Å²) in [7, 11) is 0. The van der Waals surface area contributed by atoms with Crippen LogP contribution in [-0.4, -0.2) is 20.3 Å². The summed E-state index contributed by atoms with van der Waals surface area (Å²) in [4.78, 5) is 24.6. The summed E-state index contributed by atoms with van der Waals surface area (Å²) in [5.74, 6) is 0.572. The normalized spacial score (nSPS) is 14.0. The van der Waals surface area contributed by atoms with Gasteiger partial charge < -0.3 is 5.32 Å². The van der Waals surface area contributed by atoms with Gasteiger partial charge in [-0.3, -0.25) is 9.36 Å². The van der Waals surface area contributed by atoms with Gasteiger partial charge in [-0.2, -0.15) is 5.10 Å².